The standard InChI is InChI=1S/C9H5Cl2NO2S/c10-7(11)5-2-1-3-6(4-5)8-12-15-9(13)14-8/h1-4,7H. The van der Waals surface area contributed by atoms with Gasteiger partial charge in [0.15, 0.2) is 0 Å². The van der Waals surface area contributed by atoms with Gasteiger partial charge in [-0.1, -0.05) is 12.1 Å². The number of hydrogen-bond donors (Lipinski definition) is 0. The monoisotopic (exact) mass is 261 g/mol. The minimum absolute atomic E-state index is 0.292. The molecule has 1 aromatic carbocycles. The van der Waals surface area contributed by atoms with Gasteiger partial charge >= 0.3 is 4.94 Å². The zero-order valence-electron chi connectivity index (χ0n) is 7.31. The predicted molar refractivity (Wildman–Crippen MR) is 60.5 cm³/mol. The zero-order valence-corrected chi connectivity index (χ0v) is 9.64. The van der Waals surface area contributed by atoms with Gasteiger partial charge in [0.1, 0.15) is 4.84 Å². The Morgan fingerprint density at radius 3 is 2.80 bits per heavy atom. The summed E-state index contributed by atoms with van der Waals surface area (Å²) in [5, 5.41) is 0. The van der Waals surface area contributed by atoms with E-state index in [1.54, 1.807) is 24.3 Å². The summed E-state index contributed by atoms with van der Waals surface area (Å²) in [5.74, 6) is 0.292. The third-order valence-electron chi connectivity index (χ3n) is 1.77. The van der Waals surface area contributed by atoms with Crippen molar-refractivity contribution in [1.29, 1.82) is 0 Å². The maximum atomic E-state index is 10.8. The van der Waals surface area contributed by atoms with Gasteiger partial charge in [-0.2, -0.15) is 0 Å². The first-order valence-corrected chi connectivity index (χ1v) is 5.67. The Bertz CT molecular complexity index is 521. The van der Waals surface area contributed by atoms with Crippen LogP contribution in [0.2, 0.25) is 0 Å². The molecule has 6 heteroatoms. The van der Waals surface area contributed by atoms with Crippen LogP contribution in [0.25, 0.3) is 11.5 Å². The van der Waals surface area contributed by atoms with Crippen molar-refractivity contribution in [3.63, 3.8) is 0 Å². The number of alkyl halides is 2. The molecule has 0 unspecified atom stereocenters. The molecule has 1 aromatic heterocycles. The molecule has 3 nitrogen and oxygen atoms in total. The van der Waals surface area contributed by atoms with Gasteiger partial charge in [-0.3, -0.25) is 0 Å². The molecular weight excluding hydrogens is 257 g/mol. The van der Waals surface area contributed by atoms with E-state index in [-0.39, 0.29) is 0 Å². The van der Waals surface area contributed by atoms with E-state index in [4.69, 9.17) is 27.6 Å². The molecule has 0 atom stereocenters. The highest BCUT2D eigenvalue weighted by molar-refractivity contribution is 7.02. The van der Waals surface area contributed by atoms with Gasteiger partial charge in [0.25, 0.3) is 0 Å². The first-order chi connectivity index (χ1) is 7.16. The highest BCUT2D eigenvalue weighted by Crippen LogP contribution is 2.27. The molecule has 0 saturated heterocycles. The molecule has 0 bridgehead atoms. The topological polar surface area (TPSA) is 43.1 Å². The SMILES string of the molecule is O=c1oc(-c2cccc(C(Cl)Cl)c2)ns1. The lowest BCUT2D eigenvalue weighted by atomic mass is 10.1. The molecule has 0 radical (unpaired) electrons. The number of aromatic nitrogens is 1. The molecular formula is C9H5Cl2NO2S. The highest BCUT2D eigenvalue weighted by Gasteiger charge is 2.09. The van der Waals surface area contributed by atoms with Crippen molar-refractivity contribution in [2.24, 2.45) is 0 Å². The third-order valence-corrected chi connectivity index (χ3v) is 2.76. The van der Waals surface area contributed by atoms with Crippen molar-refractivity contribution in [2.45, 2.75) is 4.84 Å². The van der Waals surface area contributed by atoms with E-state index in [2.05, 4.69) is 4.37 Å². The predicted octanol–water partition coefficient (Wildman–Crippen LogP) is 3.24. The maximum Gasteiger partial charge on any atom is 0.414 e. The fourth-order valence-corrected chi connectivity index (χ4v) is 1.80. The van der Waals surface area contributed by atoms with E-state index >= 15 is 0 Å². The first kappa shape index (κ1) is 10.7. The summed E-state index contributed by atoms with van der Waals surface area (Å²) in [5.41, 5.74) is 1.43. The molecule has 2 rings (SSSR count). The summed E-state index contributed by atoms with van der Waals surface area (Å²) in [7, 11) is 0. The molecule has 0 aliphatic carbocycles. The average Bonchev–Trinajstić information content (AvgIpc) is 2.65. The highest BCUT2D eigenvalue weighted by atomic mass is 35.5. The van der Waals surface area contributed by atoms with E-state index < -0.39 is 9.78 Å². The number of halogens is 2. The second-order valence-electron chi connectivity index (χ2n) is 2.77. The van der Waals surface area contributed by atoms with Gasteiger partial charge in [0.05, 0.1) is 11.5 Å². The van der Waals surface area contributed by atoms with Crippen LogP contribution in [0, 0.1) is 0 Å². The van der Waals surface area contributed by atoms with Crippen LogP contribution >= 0.6 is 34.7 Å². The van der Waals surface area contributed by atoms with Crippen molar-refractivity contribution in [3.05, 3.63) is 39.6 Å². The molecule has 0 saturated carbocycles. The largest absolute Gasteiger partial charge is 0.414 e. The van der Waals surface area contributed by atoms with Gasteiger partial charge in [0.2, 0.25) is 5.89 Å². The van der Waals surface area contributed by atoms with Crippen LogP contribution in [0.5, 0.6) is 0 Å². The van der Waals surface area contributed by atoms with Crippen LogP contribution < -0.4 is 4.94 Å². The van der Waals surface area contributed by atoms with E-state index in [0.717, 1.165) is 17.1 Å². The fourth-order valence-electron chi connectivity index (χ4n) is 1.11. The van der Waals surface area contributed by atoms with E-state index in [9.17, 15) is 4.79 Å². The van der Waals surface area contributed by atoms with Gasteiger partial charge in [-0.15, -0.1) is 27.6 Å². The molecule has 0 aliphatic rings. The number of benzene rings is 1. The second-order valence-corrected chi connectivity index (χ2v) is 4.56. The van der Waals surface area contributed by atoms with Crippen molar-refractivity contribution < 1.29 is 4.42 Å². The molecule has 15 heavy (non-hydrogen) atoms. The van der Waals surface area contributed by atoms with Crippen LogP contribution in [-0.4, -0.2) is 4.37 Å². The number of rotatable bonds is 2. The smallest absolute Gasteiger partial charge is 0.394 e. The molecule has 0 N–H and O–H groups in total. The van der Waals surface area contributed by atoms with Crippen LogP contribution in [0.1, 0.15) is 10.4 Å². The van der Waals surface area contributed by atoms with E-state index in [1.807, 2.05) is 0 Å². The maximum absolute atomic E-state index is 10.8. The summed E-state index contributed by atoms with van der Waals surface area (Å²) < 4.78 is 8.73. The Morgan fingerprint density at radius 1 is 1.40 bits per heavy atom. The summed E-state index contributed by atoms with van der Waals surface area (Å²) >= 11 is 12.2. The first-order valence-electron chi connectivity index (χ1n) is 4.02. The Morgan fingerprint density at radius 2 is 2.20 bits per heavy atom. The molecule has 0 fully saturated rings. The quantitative estimate of drug-likeness (QED) is 0.780. The third kappa shape index (κ3) is 2.40. The lowest BCUT2D eigenvalue weighted by Crippen LogP contribution is -1.85. The minimum Gasteiger partial charge on any atom is -0.394 e. The zero-order chi connectivity index (χ0) is 10.8. The van der Waals surface area contributed by atoms with Gasteiger partial charge in [0, 0.05) is 5.56 Å². The summed E-state index contributed by atoms with van der Waals surface area (Å²) in [4.78, 5) is 9.79. The normalized spacial score (nSPS) is 10.9. The minimum atomic E-state index is -0.602. The number of nitrogens with zero attached hydrogens (tertiary/aromatic N) is 1. The lowest BCUT2D eigenvalue weighted by Gasteiger charge is -2.01. The Balaban J connectivity index is 2.45. The molecule has 0 spiro atoms. The van der Waals surface area contributed by atoms with Crippen LogP contribution in [0.15, 0.2) is 33.5 Å². The number of hydrogen-bond acceptors (Lipinski definition) is 4. The molecule has 0 aliphatic heterocycles. The Kier molecular flexibility index (Phi) is 3.09. The Labute approximate surface area is 99.4 Å². The van der Waals surface area contributed by atoms with Crippen LogP contribution in [-0.2, 0) is 0 Å². The molecule has 78 valence electrons. The van der Waals surface area contributed by atoms with Crippen LogP contribution in [0.3, 0.4) is 0 Å². The summed E-state index contributed by atoms with van der Waals surface area (Å²) in [6.45, 7) is 0. The van der Waals surface area contributed by atoms with Gasteiger partial charge in [-0.25, -0.2) is 4.79 Å². The van der Waals surface area contributed by atoms with Crippen LogP contribution in [0.4, 0.5) is 0 Å². The lowest BCUT2D eigenvalue weighted by molar-refractivity contribution is 0.543. The fraction of sp³-hybridized carbons (Fsp3) is 0.111. The average molecular weight is 262 g/mol. The second kappa shape index (κ2) is 4.35. The van der Waals surface area contributed by atoms with E-state index in [0.29, 0.717) is 11.5 Å². The van der Waals surface area contributed by atoms with Gasteiger partial charge in [-0.05, 0) is 17.7 Å². The molecule has 0 amide bonds. The molecule has 2 aromatic rings. The summed E-state index contributed by atoms with van der Waals surface area (Å²) in [6.07, 6.45) is 0. The van der Waals surface area contributed by atoms with Crippen molar-refractivity contribution in [1.82, 2.24) is 4.37 Å². The van der Waals surface area contributed by atoms with Crippen molar-refractivity contribution in [2.75, 3.05) is 0 Å². The van der Waals surface area contributed by atoms with Crippen molar-refractivity contribution >= 4 is 34.7 Å². The van der Waals surface area contributed by atoms with Crippen molar-refractivity contribution in [3.8, 4) is 11.5 Å². The summed E-state index contributed by atoms with van der Waals surface area (Å²) in [6, 6.07) is 7.08. The Hall–Kier alpha value is -0.840. The molecule has 1 heterocycles. The van der Waals surface area contributed by atoms with E-state index in [1.165, 1.54) is 0 Å². The van der Waals surface area contributed by atoms with Gasteiger partial charge < -0.3 is 4.42 Å².